The summed E-state index contributed by atoms with van der Waals surface area (Å²) in [5, 5.41) is 2.65. The Morgan fingerprint density at radius 3 is 2.88 bits per heavy atom. The van der Waals surface area contributed by atoms with Gasteiger partial charge in [0.15, 0.2) is 0 Å². The highest BCUT2D eigenvalue weighted by molar-refractivity contribution is 5.79. The second-order valence-corrected chi connectivity index (χ2v) is 5.73. The second kappa shape index (κ2) is 7.74. The van der Waals surface area contributed by atoms with Crippen molar-refractivity contribution in [1.29, 1.82) is 0 Å². The van der Waals surface area contributed by atoms with Crippen LogP contribution in [0.1, 0.15) is 12.5 Å². The van der Waals surface area contributed by atoms with E-state index in [2.05, 4.69) is 10.1 Å². The molecule has 1 aliphatic rings. The Hall–Kier alpha value is -1.96. The lowest BCUT2D eigenvalue weighted by Gasteiger charge is -2.26. The van der Waals surface area contributed by atoms with Crippen LogP contribution in [0.3, 0.4) is 0 Å². The molecule has 1 aliphatic heterocycles. The van der Waals surface area contributed by atoms with Gasteiger partial charge in [-0.05, 0) is 25.0 Å². The van der Waals surface area contributed by atoms with Crippen LogP contribution in [-0.4, -0.2) is 45.1 Å². The van der Waals surface area contributed by atoms with E-state index in [9.17, 15) is 18.0 Å². The molecule has 24 heavy (non-hydrogen) atoms. The van der Waals surface area contributed by atoms with E-state index in [0.717, 1.165) is 5.56 Å². The molecule has 0 fully saturated rings. The molecule has 0 radical (unpaired) electrons. The number of nitrogens with one attached hydrogen (secondary N) is 1. The van der Waals surface area contributed by atoms with Gasteiger partial charge in [0.2, 0.25) is 5.91 Å². The highest BCUT2D eigenvalue weighted by Gasteiger charge is 2.29. The number of fused-ring (bicyclic) bond motifs is 1. The molecular weight excluding hydrogens is 327 g/mol. The van der Waals surface area contributed by atoms with Crippen molar-refractivity contribution in [2.24, 2.45) is 5.92 Å². The van der Waals surface area contributed by atoms with E-state index in [-0.39, 0.29) is 19.1 Å². The minimum Gasteiger partial charge on any atom is -0.497 e. The summed E-state index contributed by atoms with van der Waals surface area (Å²) in [6.45, 7) is 0.278. The number of hydrogen-bond acceptors (Lipinski definition) is 4. The topological polar surface area (TPSA) is 56.8 Å². The highest BCUT2D eigenvalue weighted by atomic mass is 19.4. The fraction of sp³-hybridized carbons (Fsp3) is 0.562. The zero-order valence-corrected chi connectivity index (χ0v) is 13.5. The van der Waals surface area contributed by atoms with Crippen LogP contribution in [0.15, 0.2) is 18.2 Å². The van der Waals surface area contributed by atoms with Crippen LogP contribution in [0.2, 0.25) is 0 Å². The van der Waals surface area contributed by atoms with Gasteiger partial charge < -0.3 is 19.5 Å². The number of rotatable bonds is 6. The summed E-state index contributed by atoms with van der Waals surface area (Å²) in [5.74, 6) is 0.697. The van der Waals surface area contributed by atoms with Crippen LogP contribution in [0.5, 0.6) is 11.5 Å². The average molecular weight is 347 g/mol. The summed E-state index contributed by atoms with van der Waals surface area (Å²) in [6, 6.07) is 4.87. The van der Waals surface area contributed by atoms with E-state index in [0.29, 0.717) is 17.9 Å². The molecule has 2 rings (SSSR count). The number of amides is 1. The Labute approximate surface area is 138 Å². The van der Waals surface area contributed by atoms with Crippen LogP contribution < -0.4 is 14.8 Å². The molecule has 2 atom stereocenters. The molecule has 0 bridgehead atoms. The lowest BCUT2D eigenvalue weighted by Crippen LogP contribution is -2.43. The van der Waals surface area contributed by atoms with Crippen molar-refractivity contribution in [2.75, 3.05) is 26.9 Å². The third-order valence-electron chi connectivity index (χ3n) is 3.57. The first kappa shape index (κ1) is 18.4. The zero-order chi connectivity index (χ0) is 17.7. The maximum atomic E-state index is 12.2. The largest absolute Gasteiger partial charge is 0.497 e. The molecule has 0 aliphatic carbocycles. The predicted molar refractivity (Wildman–Crippen MR) is 80.2 cm³/mol. The lowest BCUT2D eigenvalue weighted by atomic mass is 9.95. The first-order valence-corrected chi connectivity index (χ1v) is 7.53. The van der Waals surface area contributed by atoms with E-state index in [1.54, 1.807) is 26.2 Å². The van der Waals surface area contributed by atoms with Gasteiger partial charge in [-0.15, -0.1) is 0 Å². The van der Waals surface area contributed by atoms with Gasteiger partial charge in [-0.25, -0.2) is 0 Å². The molecule has 0 saturated heterocycles. The van der Waals surface area contributed by atoms with Crippen molar-refractivity contribution in [3.63, 3.8) is 0 Å². The smallest absolute Gasteiger partial charge is 0.411 e. The number of carbonyl (C=O) groups excluding carboxylic acids is 1. The van der Waals surface area contributed by atoms with Crippen molar-refractivity contribution in [2.45, 2.75) is 25.6 Å². The molecule has 1 aromatic carbocycles. The first-order chi connectivity index (χ1) is 11.3. The summed E-state index contributed by atoms with van der Waals surface area (Å²) in [5.41, 5.74) is 0.892. The predicted octanol–water partition coefficient (Wildman–Crippen LogP) is 2.33. The third kappa shape index (κ3) is 5.30. The number of carbonyl (C=O) groups is 1. The van der Waals surface area contributed by atoms with Crippen LogP contribution in [0.25, 0.3) is 0 Å². The molecule has 1 amide bonds. The zero-order valence-electron chi connectivity index (χ0n) is 13.5. The van der Waals surface area contributed by atoms with Gasteiger partial charge in [0.25, 0.3) is 0 Å². The van der Waals surface area contributed by atoms with Crippen molar-refractivity contribution in [1.82, 2.24) is 5.32 Å². The Morgan fingerprint density at radius 2 is 2.21 bits per heavy atom. The van der Waals surface area contributed by atoms with E-state index < -0.39 is 24.7 Å². The molecule has 5 nitrogen and oxygen atoms in total. The van der Waals surface area contributed by atoms with Gasteiger partial charge in [-0.1, -0.05) is 6.07 Å². The molecule has 134 valence electrons. The van der Waals surface area contributed by atoms with Crippen LogP contribution >= 0.6 is 0 Å². The van der Waals surface area contributed by atoms with E-state index >= 15 is 0 Å². The summed E-state index contributed by atoms with van der Waals surface area (Å²) < 4.78 is 51.3. The second-order valence-electron chi connectivity index (χ2n) is 5.73. The van der Waals surface area contributed by atoms with Crippen molar-refractivity contribution in [3.05, 3.63) is 23.8 Å². The third-order valence-corrected chi connectivity index (χ3v) is 3.57. The monoisotopic (exact) mass is 347 g/mol. The SMILES string of the molecule is COc1ccc2c(c1)OC[C@@H](C(=O)N[C@H](C)COCC(F)(F)F)C2. The van der Waals surface area contributed by atoms with Crippen LogP contribution in [0, 0.1) is 5.92 Å². The lowest BCUT2D eigenvalue weighted by molar-refractivity contribution is -0.175. The number of halogens is 3. The van der Waals surface area contributed by atoms with Gasteiger partial charge in [0, 0.05) is 12.1 Å². The molecule has 0 unspecified atom stereocenters. The van der Waals surface area contributed by atoms with E-state index in [1.165, 1.54) is 0 Å². The molecule has 1 aromatic rings. The minimum absolute atomic E-state index is 0.202. The number of alkyl halides is 3. The maximum absolute atomic E-state index is 12.2. The normalized spacial score (nSPS) is 18.3. The summed E-state index contributed by atoms with van der Waals surface area (Å²) in [7, 11) is 1.56. The van der Waals surface area contributed by atoms with Gasteiger partial charge in [0.05, 0.1) is 19.6 Å². The van der Waals surface area contributed by atoms with E-state index in [4.69, 9.17) is 9.47 Å². The Kier molecular flexibility index (Phi) is 5.93. The summed E-state index contributed by atoms with van der Waals surface area (Å²) in [6.07, 6.45) is -3.87. The number of methoxy groups -OCH3 is 1. The summed E-state index contributed by atoms with van der Waals surface area (Å²) in [4.78, 5) is 12.2. The number of benzene rings is 1. The molecule has 0 aromatic heterocycles. The van der Waals surface area contributed by atoms with Crippen LogP contribution in [-0.2, 0) is 16.0 Å². The van der Waals surface area contributed by atoms with Gasteiger partial charge in [-0.3, -0.25) is 4.79 Å². The molecular formula is C16H20F3NO4. The first-order valence-electron chi connectivity index (χ1n) is 7.53. The molecule has 1 heterocycles. The Morgan fingerprint density at radius 1 is 1.46 bits per heavy atom. The summed E-state index contributed by atoms with van der Waals surface area (Å²) >= 11 is 0. The minimum atomic E-state index is -4.37. The fourth-order valence-corrected chi connectivity index (χ4v) is 2.40. The van der Waals surface area contributed by atoms with Gasteiger partial charge in [-0.2, -0.15) is 13.2 Å². The van der Waals surface area contributed by atoms with Crippen molar-refractivity contribution in [3.8, 4) is 11.5 Å². The van der Waals surface area contributed by atoms with E-state index in [1.807, 2.05) is 6.07 Å². The van der Waals surface area contributed by atoms with Gasteiger partial charge in [0.1, 0.15) is 24.7 Å². The molecule has 8 heteroatoms. The molecule has 0 saturated carbocycles. The quantitative estimate of drug-likeness (QED) is 0.858. The van der Waals surface area contributed by atoms with Gasteiger partial charge >= 0.3 is 6.18 Å². The molecule has 0 spiro atoms. The highest BCUT2D eigenvalue weighted by Crippen LogP contribution is 2.31. The fourth-order valence-electron chi connectivity index (χ4n) is 2.40. The average Bonchev–Trinajstić information content (AvgIpc) is 2.52. The van der Waals surface area contributed by atoms with Crippen molar-refractivity contribution >= 4 is 5.91 Å². The number of hydrogen-bond donors (Lipinski definition) is 1. The Balaban J connectivity index is 1.83. The molecule has 1 N–H and O–H groups in total. The Bertz CT molecular complexity index is 577. The van der Waals surface area contributed by atoms with Crippen LogP contribution in [0.4, 0.5) is 13.2 Å². The van der Waals surface area contributed by atoms with Crippen molar-refractivity contribution < 1.29 is 32.2 Å². The number of ether oxygens (including phenoxy) is 3. The standard InChI is InChI=1S/C16H20F3NO4/c1-10(7-23-9-16(17,18)19)20-15(21)12-5-11-3-4-13(22-2)6-14(11)24-8-12/h3-4,6,10,12H,5,7-9H2,1-2H3,(H,20,21)/t10-,12+/m1/s1. The maximum Gasteiger partial charge on any atom is 0.411 e.